The molecular formula is C19H41N3. The number of fused-ring (bicyclic) bond motifs is 4. The molecule has 4 aliphatic rings. The van der Waals surface area contributed by atoms with Crippen molar-refractivity contribution in [3.8, 4) is 0 Å². The fourth-order valence-electron chi connectivity index (χ4n) is 4.84. The molecule has 132 valence electrons. The zero-order valence-electron chi connectivity index (χ0n) is 15.1. The maximum absolute atomic E-state index is 5.62. The van der Waals surface area contributed by atoms with Crippen LogP contribution >= 0.6 is 0 Å². The maximum atomic E-state index is 5.62. The Bertz CT molecular complexity index is 249. The second kappa shape index (κ2) is 11.4. The highest BCUT2D eigenvalue weighted by molar-refractivity contribution is 4.90. The summed E-state index contributed by atoms with van der Waals surface area (Å²) in [6.07, 6.45) is 13.8. The van der Waals surface area contributed by atoms with Crippen LogP contribution in [0.25, 0.3) is 0 Å². The van der Waals surface area contributed by atoms with Gasteiger partial charge in [-0.25, -0.2) is 0 Å². The van der Waals surface area contributed by atoms with Crippen LogP contribution in [0, 0.1) is 29.6 Å². The lowest BCUT2D eigenvalue weighted by molar-refractivity contribution is 0.341. The van der Waals surface area contributed by atoms with E-state index >= 15 is 0 Å². The number of hydrogen-bond donors (Lipinski definition) is 3. The van der Waals surface area contributed by atoms with E-state index in [9.17, 15) is 0 Å². The van der Waals surface area contributed by atoms with E-state index in [1.165, 1.54) is 37.5 Å². The van der Waals surface area contributed by atoms with Gasteiger partial charge in [0.1, 0.15) is 0 Å². The Kier molecular flexibility index (Phi) is 10.3. The first-order chi connectivity index (χ1) is 10.7. The molecule has 0 heterocycles. The molecule has 4 aliphatic carbocycles. The third kappa shape index (κ3) is 6.55. The number of rotatable bonds is 1. The van der Waals surface area contributed by atoms with Crippen molar-refractivity contribution in [1.82, 2.24) is 0 Å². The van der Waals surface area contributed by atoms with Gasteiger partial charge in [0.2, 0.25) is 0 Å². The Morgan fingerprint density at radius 2 is 1.09 bits per heavy atom. The molecule has 0 amide bonds. The van der Waals surface area contributed by atoms with Gasteiger partial charge in [-0.15, -0.1) is 0 Å². The first-order valence-corrected chi connectivity index (χ1v) is 9.78. The normalized spacial score (nSPS) is 36.7. The van der Waals surface area contributed by atoms with E-state index in [4.69, 9.17) is 17.2 Å². The van der Waals surface area contributed by atoms with Crippen molar-refractivity contribution < 1.29 is 0 Å². The Balaban J connectivity index is 0.000000166. The molecule has 22 heavy (non-hydrogen) atoms. The van der Waals surface area contributed by atoms with Gasteiger partial charge in [-0.05, 0) is 74.9 Å². The minimum absolute atomic E-state index is 0.750. The molecule has 4 fully saturated rings. The molecule has 0 aromatic rings. The first kappa shape index (κ1) is 19.9. The molecule has 0 spiro atoms. The van der Waals surface area contributed by atoms with Crippen LogP contribution in [0.4, 0.5) is 0 Å². The quantitative estimate of drug-likeness (QED) is 0.693. The Hall–Kier alpha value is -0.120. The van der Waals surface area contributed by atoms with Crippen molar-refractivity contribution in [3.05, 3.63) is 0 Å². The van der Waals surface area contributed by atoms with Gasteiger partial charge < -0.3 is 17.2 Å². The van der Waals surface area contributed by atoms with E-state index in [0.29, 0.717) is 0 Å². The summed E-state index contributed by atoms with van der Waals surface area (Å²) in [5.41, 5.74) is 15.3. The van der Waals surface area contributed by atoms with Crippen LogP contribution < -0.4 is 17.2 Å². The molecule has 4 rings (SSSR count). The summed E-state index contributed by atoms with van der Waals surface area (Å²) in [5, 5.41) is 0. The summed E-state index contributed by atoms with van der Waals surface area (Å²) < 4.78 is 0. The van der Waals surface area contributed by atoms with Crippen molar-refractivity contribution >= 4 is 0 Å². The summed E-state index contributed by atoms with van der Waals surface area (Å²) in [7, 11) is 0. The van der Waals surface area contributed by atoms with Crippen LogP contribution in [0.5, 0.6) is 0 Å². The summed E-state index contributed by atoms with van der Waals surface area (Å²) >= 11 is 0. The zero-order valence-corrected chi connectivity index (χ0v) is 15.1. The fourth-order valence-corrected chi connectivity index (χ4v) is 4.84. The molecule has 0 aromatic carbocycles. The van der Waals surface area contributed by atoms with Crippen LogP contribution in [-0.2, 0) is 0 Å². The van der Waals surface area contributed by atoms with Gasteiger partial charge in [0.25, 0.3) is 0 Å². The maximum Gasteiger partial charge on any atom is -0.00461 e. The molecule has 6 N–H and O–H groups in total. The smallest absolute Gasteiger partial charge is 0.00461 e. The predicted molar refractivity (Wildman–Crippen MR) is 97.5 cm³/mol. The van der Waals surface area contributed by atoms with Gasteiger partial charge in [-0.1, -0.05) is 46.0 Å². The highest BCUT2D eigenvalue weighted by atomic mass is 14.6. The summed E-state index contributed by atoms with van der Waals surface area (Å²) in [4.78, 5) is 0. The molecule has 4 bridgehead atoms. The fraction of sp³-hybridized carbons (Fsp3) is 1.00. The van der Waals surface area contributed by atoms with Crippen LogP contribution in [0.1, 0.15) is 71.6 Å². The summed E-state index contributed by atoms with van der Waals surface area (Å²) in [6, 6.07) is 0. The average Bonchev–Trinajstić information content (AvgIpc) is 3.30. The second-order valence-electron chi connectivity index (χ2n) is 7.61. The minimum Gasteiger partial charge on any atom is -0.331 e. The van der Waals surface area contributed by atoms with E-state index in [2.05, 4.69) is 0 Å². The Morgan fingerprint density at radius 3 is 1.27 bits per heavy atom. The van der Waals surface area contributed by atoms with Crippen LogP contribution in [0.3, 0.4) is 0 Å². The van der Waals surface area contributed by atoms with Gasteiger partial charge in [-0.2, -0.15) is 0 Å². The van der Waals surface area contributed by atoms with Crippen molar-refractivity contribution in [1.29, 1.82) is 0 Å². The Morgan fingerprint density at radius 1 is 0.636 bits per heavy atom. The van der Waals surface area contributed by atoms with Gasteiger partial charge in [0, 0.05) is 0 Å². The molecule has 3 heteroatoms. The van der Waals surface area contributed by atoms with Crippen LogP contribution in [-0.4, -0.2) is 19.6 Å². The average molecular weight is 312 g/mol. The Labute approximate surface area is 138 Å². The monoisotopic (exact) mass is 311 g/mol. The topological polar surface area (TPSA) is 78.1 Å². The summed E-state index contributed by atoms with van der Waals surface area (Å²) in [5.74, 6) is 5.35. The van der Waals surface area contributed by atoms with Crippen molar-refractivity contribution in [2.75, 3.05) is 19.6 Å². The van der Waals surface area contributed by atoms with Crippen molar-refractivity contribution in [3.63, 3.8) is 0 Å². The molecule has 0 radical (unpaired) electrons. The minimum atomic E-state index is 0.750. The van der Waals surface area contributed by atoms with E-state index in [-0.39, 0.29) is 0 Å². The molecule has 3 nitrogen and oxygen atoms in total. The standard InChI is InChI=1S/C8H15N.C7H12.2C2H7N/c9-5-8-4-6-1-2-7(8)3-6;1-2-7-4-3-6(1)5-7;2*1-2-3/h6-8H,1-5,9H2;6-7H,1-5H2;2*2-3H2,1H3. The molecule has 3 atom stereocenters. The van der Waals surface area contributed by atoms with E-state index in [0.717, 1.165) is 37.4 Å². The van der Waals surface area contributed by atoms with Gasteiger partial charge in [0.15, 0.2) is 0 Å². The lowest BCUT2D eigenvalue weighted by Gasteiger charge is -2.18. The highest BCUT2D eigenvalue weighted by Gasteiger charge is 2.38. The number of nitrogens with two attached hydrogens (primary N) is 3. The second-order valence-corrected chi connectivity index (χ2v) is 7.61. The lowest BCUT2D eigenvalue weighted by atomic mass is 9.89. The summed E-state index contributed by atoms with van der Waals surface area (Å²) in [6.45, 7) is 6.25. The zero-order chi connectivity index (χ0) is 16.4. The van der Waals surface area contributed by atoms with Crippen molar-refractivity contribution in [2.45, 2.75) is 71.6 Å². The van der Waals surface area contributed by atoms with Crippen molar-refractivity contribution in [2.24, 2.45) is 46.8 Å². The largest absolute Gasteiger partial charge is 0.331 e. The lowest BCUT2D eigenvalue weighted by Crippen LogP contribution is -2.19. The number of hydrogen-bond acceptors (Lipinski definition) is 3. The third-order valence-corrected chi connectivity index (χ3v) is 5.82. The SMILES string of the molecule is C1CC2CCC1C2.CCN.CCN.NCC1CC2CCC1C2. The van der Waals surface area contributed by atoms with E-state index in [1.807, 2.05) is 13.8 Å². The molecule has 0 saturated heterocycles. The predicted octanol–water partition coefficient (Wildman–Crippen LogP) is 3.51. The van der Waals surface area contributed by atoms with Gasteiger partial charge in [-0.3, -0.25) is 0 Å². The van der Waals surface area contributed by atoms with Crippen LogP contribution in [0.15, 0.2) is 0 Å². The molecule has 4 saturated carbocycles. The van der Waals surface area contributed by atoms with Crippen LogP contribution in [0.2, 0.25) is 0 Å². The van der Waals surface area contributed by atoms with Gasteiger partial charge in [0.05, 0.1) is 0 Å². The molecule has 0 aromatic heterocycles. The van der Waals surface area contributed by atoms with E-state index in [1.54, 1.807) is 32.1 Å². The first-order valence-electron chi connectivity index (χ1n) is 9.78. The highest BCUT2D eigenvalue weighted by Crippen LogP contribution is 2.47. The third-order valence-electron chi connectivity index (χ3n) is 5.82. The molecular weight excluding hydrogens is 270 g/mol. The van der Waals surface area contributed by atoms with E-state index < -0.39 is 0 Å². The molecule has 0 aliphatic heterocycles. The molecule has 3 unspecified atom stereocenters. The van der Waals surface area contributed by atoms with Gasteiger partial charge >= 0.3 is 0 Å².